The summed E-state index contributed by atoms with van der Waals surface area (Å²) in [7, 11) is 0. The summed E-state index contributed by atoms with van der Waals surface area (Å²) < 4.78 is 86.6. The van der Waals surface area contributed by atoms with E-state index in [1.807, 2.05) is 0 Å². The van der Waals surface area contributed by atoms with Crippen molar-refractivity contribution in [3.05, 3.63) is 58.3 Å². The van der Waals surface area contributed by atoms with Crippen LogP contribution in [0, 0.1) is 0 Å². The number of hydrogen-bond acceptors (Lipinski definition) is 3. The van der Waals surface area contributed by atoms with Crippen LogP contribution >= 0.6 is 15.9 Å². The summed E-state index contributed by atoms with van der Waals surface area (Å²) in [5.74, 6) is -0.533. The molecule has 0 spiro atoms. The number of ether oxygens (including phenoxy) is 1. The molecule has 2 aromatic rings. The number of nitrogens with one attached hydrogen (secondary N) is 1. The highest BCUT2D eigenvalue weighted by Crippen LogP contribution is 2.53. The highest BCUT2D eigenvalue weighted by atomic mass is 79.9. The number of halogens is 7. The Bertz CT molecular complexity index is 851. The van der Waals surface area contributed by atoms with Gasteiger partial charge >= 0.3 is 12.4 Å². The van der Waals surface area contributed by atoms with Crippen LogP contribution in [-0.4, -0.2) is 29.3 Å². The van der Waals surface area contributed by atoms with Gasteiger partial charge in [-0.1, -0.05) is 12.1 Å². The minimum atomic E-state index is -5.76. The van der Waals surface area contributed by atoms with Crippen LogP contribution in [0.2, 0.25) is 0 Å². The number of carbonyl (C=O) groups excluding carboxylic acids is 1. The Morgan fingerprint density at radius 2 is 1.60 bits per heavy atom. The molecule has 11 heteroatoms. The lowest BCUT2D eigenvalue weighted by atomic mass is 9.91. The van der Waals surface area contributed by atoms with E-state index >= 15 is 0 Å². The van der Waals surface area contributed by atoms with E-state index in [1.165, 1.54) is 6.20 Å². The summed E-state index contributed by atoms with van der Waals surface area (Å²) in [6.07, 6.45) is -11.5. The van der Waals surface area contributed by atoms with Crippen molar-refractivity contribution < 1.29 is 35.9 Å². The van der Waals surface area contributed by atoms with Crippen molar-refractivity contribution in [2.24, 2.45) is 0 Å². The second-order valence-corrected chi connectivity index (χ2v) is 7.53. The summed E-state index contributed by atoms with van der Waals surface area (Å²) in [6.45, 7) is 2.16. The minimum Gasteiger partial charge on any atom is -0.351 e. The third kappa shape index (κ3) is 5.31. The molecule has 0 saturated heterocycles. The molecule has 0 fully saturated rings. The van der Waals surface area contributed by atoms with Gasteiger partial charge < -0.3 is 10.1 Å². The molecule has 0 atom stereocenters. The van der Waals surface area contributed by atoms with E-state index in [0.29, 0.717) is 22.3 Å². The van der Waals surface area contributed by atoms with Crippen LogP contribution < -0.4 is 5.32 Å². The Labute approximate surface area is 176 Å². The van der Waals surface area contributed by atoms with Crippen LogP contribution in [-0.2, 0) is 21.6 Å². The van der Waals surface area contributed by atoms with Gasteiger partial charge in [-0.15, -0.1) is 0 Å². The quantitative estimate of drug-likeness (QED) is 0.514. The summed E-state index contributed by atoms with van der Waals surface area (Å²) in [4.78, 5) is 16.1. The van der Waals surface area contributed by atoms with Gasteiger partial charge in [-0.05, 0) is 54.0 Å². The van der Waals surface area contributed by atoms with Gasteiger partial charge in [-0.25, -0.2) is 0 Å². The maximum atomic E-state index is 13.6. The maximum absolute atomic E-state index is 13.6. The molecule has 0 bridgehead atoms. The Morgan fingerprint density at radius 1 is 1.03 bits per heavy atom. The fraction of sp³-hybridized carbons (Fsp3) is 0.368. The van der Waals surface area contributed by atoms with Gasteiger partial charge in [0.15, 0.2) is 0 Å². The van der Waals surface area contributed by atoms with Crippen LogP contribution in [0.25, 0.3) is 0 Å². The van der Waals surface area contributed by atoms with Crippen molar-refractivity contribution in [2.45, 2.75) is 44.3 Å². The predicted molar refractivity (Wildman–Crippen MR) is 101 cm³/mol. The Balaban J connectivity index is 2.28. The third-order valence-corrected chi connectivity index (χ3v) is 4.39. The first-order chi connectivity index (χ1) is 13.8. The number of carbonyl (C=O) groups is 1. The van der Waals surface area contributed by atoms with E-state index in [4.69, 9.17) is 0 Å². The van der Waals surface area contributed by atoms with E-state index in [2.05, 4.69) is 31.0 Å². The molecule has 1 aromatic heterocycles. The van der Waals surface area contributed by atoms with Crippen LogP contribution in [0.5, 0.6) is 0 Å². The SMILES string of the molecule is CC(C)OC(c1ccc(NC(=O)Cc2ccc(Br)cn2)cc1)(C(F)(F)F)C(F)(F)F. The molecule has 0 saturated carbocycles. The minimum absolute atomic E-state index is 0.0312. The van der Waals surface area contributed by atoms with E-state index < -0.39 is 35.5 Å². The average molecular weight is 499 g/mol. The summed E-state index contributed by atoms with van der Waals surface area (Å²) in [5, 5.41) is 2.41. The molecule has 4 nitrogen and oxygen atoms in total. The first-order valence-corrected chi connectivity index (χ1v) is 9.37. The molecule has 0 aliphatic carbocycles. The molecule has 164 valence electrons. The molecule has 1 heterocycles. The zero-order valence-corrected chi connectivity index (χ0v) is 17.3. The molecule has 0 unspecified atom stereocenters. The smallest absolute Gasteiger partial charge is 0.351 e. The van der Waals surface area contributed by atoms with Gasteiger partial charge in [0.25, 0.3) is 5.60 Å². The number of aromatic nitrogens is 1. The zero-order valence-electron chi connectivity index (χ0n) is 15.7. The Morgan fingerprint density at radius 3 is 2.03 bits per heavy atom. The standard InChI is InChI=1S/C19H17BrF6N2O2/c1-11(2)30-17(18(21,22)23,19(24,25)26)12-3-6-14(7-4-12)28-16(29)9-15-8-5-13(20)10-27-15/h3-8,10-11H,9H2,1-2H3,(H,28,29). The van der Waals surface area contributed by atoms with Gasteiger partial charge in [-0.2, -0.15) is 26.3 Å². The third-order valence-electron chi connectivity index (χ3n) is 3.92. The van der Waals surface area contributed by atoms with Crippen LogP contribution in [0.4, 0.5) is 32.0 Å². The van der Waals surface area contributed by atoms with Crippen LogP contribution in [0.1, 0.15) is 25.1 Å². The van der Waals surface area contributed by atoms with E-state index in [0.717, 1.165) is 26.0 Å². The second-order valence-electron chi connectivity index (χ2n) is 6.61. The number of benzene rings is 1. The molecule has 2 rings (SSSR count). The lowest BCUT2D eigenvalue weighted by Crippen LogP contribution is -2.57. The molecule has 0 radical (unpaired) electrons. The highest BCUT2D eigenvalue weighted by Gasteiger charge is 2.73. The lowest BCUT2D eigenvalue weighted by molar-refractivity contribution is -0.396. The van der Waals surface area contributed by atoms with Gasteiger partial charge in [0, 0.05) is 27.6 Å². The first-order valence-electron chi connectivity index (χ1n) is 8.58. The second kappa shape index (κ2) is 8.93. The van der Waals surface area contributed by atoms with Crippen molar-refractivity contribution >= 4 is 27.5 Å². The van der Waals surface area contributed by atoms with Crippen LogP contribution in [0.3, 0.4) is 0 Å². The molecule has 0 aliphatic heterocycles. The summed E-state index contributed by atoms with van der Waals surface area (Å²) >= 11 is 3.20. The van der Waals surface area contributed by atoms with Crippen molar-refractivity contribution in [1.29, 1.82) is 0 Å². The predicted octanol–water partition coefficient (Wildman–Crippen LogP) is 5.77. The number of pyridine rings is 1. The fourth-order valence-electron chi connectivity index (χ4n) is 2.71. The number of rotatable bonds is 6. The van der Waals surface area contributed by atoms with Crippen molar-refractivity contribution in [1.82, 2.24) is 4.98 Å². The molecule has 30 heavy (non-hydrogen) atoms. The molecule has 1 amide bonds. The lowest BCUT2D eigenvalue weighted by Gasteiger charge is -2.38. The zero-order chi connectivity index (χ0) is 22.7. The number of nitrogens with zero attached hydrogens (tertiary/aromatic N) is 1. The number of anilines is 1. The normalized spacial score (nSPS) is 12.9. The molecule has 1 N–H and O–H groups in total. The maximum Gasteiger partial charge on any atom is 0.430 e. The fourth-order valence-corrected chi connectivity index (χ4v) is 2.95. The summed E-state index contributed by atoms with van der Waals surface area (Å²) in [6, 6.07) is 6.45. The Hall–Kier alpha value is -2.14. The van der Waals surface area contributed by atoms with Gasteiger partial charge in [0.05, 0.1) is 12.5 Å². The molecule has 0 aliphatic rings. The van der Waals surface area contributed by atoms with Crippen molar-refractivity contribution in [2.75, 3.05) is 5.32 Å². The number of alkyl halides is 6. The molecule has 1 aromatic carbocycles. The van der Waals surface area contributed by atoms with Crippen molar-refractivity contribution in [3.8, 4) is 0 Å². The van der Waals surface area contributed by atoms with E-state index in [-0.39, 0.29) is 12.1 Å². The largest absolute Gasteiger partial charge is 0.430 e. The van der Waals surface area contributed by atoms with Gasteiger partial charge in [0.2, 0.25) is 5.91 Å². The monoisotopic (exact) mass is 498 g/mol. The van der Waals surface area contributed by atoms with Crippen molar-refractivity contribution in [3.63, 3.8) is 0 Å². The first kappa shape index (κ1) is 24.1. The summed E-state index contributed by atoms with van der Waals surface area (Å²) in [5.41, 5.74) is -5.16. The molecular weight excluding hydrogens is 482 g/mol. The van der Waals surface area contributed by atoms with Gasteiger partial charge in [-0.3, -0.25) is 9.78 Å². The average Bonchev–Trinajstić information content (AvgIpc) is 2.60. The Kier molecular flexibility index (Phi) is 7.18. The topological polar surface area (TPSA) is 51.2 Å². The molecular formula is C19H17BrF6N2O2. The van der Waals surface area contributed by atoms with Gasteiger partial charge in [0.1, 0.15) is 0 Å². The number of hydrogen-bond donors (Lipinski definition) is 1. The number of amides is 1. The highest BCUT2D eigenvalue weighted by molar-refractivity contribution is 9.10. The van der Waals surface area contributed by atoms with E-state index in [9.17, 15) is 31.1 Å². The van der Waals surface area contributed by atoms with E-state index in [1.54, 1.807) is 12.1 Å². The van der Waals surface area contributed by atoms with Crippen LogP contribution in [0.15, 0.2) is 47.1 Å².